The van der Waals surface area contributed by atoms with Gasteiger partial charge in [-0.15, -0.1) is 11.6 Å². The Hall–Kier alpha value is -2.90. The Labute approximate surface area is 207 Å². The van der Waals surface area contributed by atoms with Crippen LogP contribution in [-0.4, -0.2) is 33.2 Å². The Bertz CT molecular complexity index is 1310. The molecular formula is C25H24Cl2N4O3. The Morgan fingerprint density at radius 3 is 2.74 bits per heavy atom. The molecule has 4 heterocycles. The summed E-state index contributed by atoms with van der Waals surface area (Å²) in [5, 5.41) is 4.16. The summed E-state index contributed by atoms with van der Waals surface area (Å²) in [4.78, 5) is 23.3. The van der Waals surface area contributed by atoms with Crippen molar-refractivity contribution in [2.45, 2.75) is 51.5 Å². The van der Waals surface area contributed by atoms with Gasteiger partial charge in [0.2, 0.25) is 5.82 Å². The number of hydrogen-bond donors (Lipinski definition) is 0. The van der Waals surface area contributed by atoms with Crippen LogP contribution >= 0.6 is 23.2 Å². The molecule has 7 nitrogen and oxygen atoms in total. The molecule has 0 spiro atoms. The van der Waals surface area contributed by atoms with Gasteiger partial charge < -0.3 is 14.2 Å². The number of halogens is 2. The van der Waals surface area contributed by atoms with Gasteiger partial charge in [0, 0.05) is 40.3 Å². The maximum atomic E-state index is 12.4. The van der Waals surface area contributed by atoms with Gasteiger partial charge in [0.05, 0.1) is 6.42 Å². The number of fused-ring (bicyclic) bond motifs is 3. The highest BCUT2D eigenvalue weighted by Gasteiger charge is 2.39. The minimum atomic E-state index is -0.516. The number of allylic oxidation sites excluding steroid dienone is 1. The number of aromatic nitrogens is 3. The number of aryl methyl sites for hydroxylation is 1. The molecule has 2 aliphatic heterocycles. The van der Waals surface area contributed by atoms with Gasteiger partial charge in [-0.3, -0.25) is 4.79 Å². The Morgan fingerprint density at radius 2 is 2.00 bits per heavy atom. The SMILES string of the molecule is Cc1cc(-c2nc(-c3ccc4c(c3)C(Cl)C3=C(CC(=O)OC(C)(C)C)CCN34)no2)cc(Cl)n1. The zero-order valence-corrected chi connectivity index (χ0v) is 20.9. The molecule has 9 heteroatoms. The normalized spacial score (nSPS) is 17.2. The molecule has 0 aliphatic carbocycles. The molecule has 176 valence electrons. The predicted octanol–water partition coefficient (Wildman–Crippen LogP) is 6.25. The van der Waals surface area contributed by atoms with Crippen LogP contribution < -0.4 is 4.90 Å². The molecule has 0 saturated heterocycles. The zero-order chi connectivity index (χ0) is 24.2. The van der Waals surface area contributed by atoms with Crippen molar-refractivity contribution in [1.82, 2.24) is 15.1 Å². The third kappa shape index (κ3) is 4.30. The van der Waals surface area contributed by atoms with Crippen LogP contribution in [0.1, 0.15) is 50.2 Å². The fourth-order valence-electron chi connectivity index (χ4n) is 4.48. The number of anilines is 1. The minimum Gasteiger partial charge on any atom is -0.460 e. The Balaban J connectivity index is 1.42. The summed E-state index contributed by atoms with van der Waals surface area (Å²) < 4.78 is 11.0. The number of pyridine rings is 1. The van der Waals surface area contributed by atoms with Gasteiger partial charge in [-0.05, 0) is 70.0 Å². The van der Waals surface area contributed by atoms with Gasteiger partial charge in [-0.25, -0.2) is 4.98 Å². The first-order valence-electron chi connectivity index (χ1n) is 11.1. The summed E-state index contributed by atoms with van der Waals surface area (Å²) in [6.07, 6.45) is 1.04. The molecule has 0 saturated carbocycles. The molecule has 2 aromatic heterocycles. The molecule has 1 unspecified atom stereocenters. The largest absolute Gasteiger partial charge is 0.460 e. The fourth-order valence-corrected chi connectivity index (χ4v) is 5.18. The smallest absolute Gasteiger partial charge is 0.310 e. The first kappa shape index (κ1) is 22.9. The number of hydrogen-bond acceptors (Lipinski definition) is 7. The summed E-state index contributed by atoms with van der Waals surface area (Å²) in [6.45, 7) is 8.25. The fraction of sp³-hybridized carbons (Fsp3) is 0.360. The zero-order valence-electron chi connectivity index (χ0n) is 19.4. The van der Waals surface area contributed by atoms with E-state index in [4.69, 9.17) is 32.5 Å². The molecule has 0 radical (unpaired) electrons. The summed E-state index contributed by atoms with van der Waals surface area (Å²) in [5.41, 5.74) is 5.77. The van der Waals surface area contributed by atoms with E-state index in [0.717, 1.165) is 46.7 Å². The lowest BCUT2D eigenvalue weighted by Crippen LogP contribution is -2.24. The second-order valence-corrected chi connectivity index (χ2v) is 10.4. The standard InChI is InChI=1S/C25H24Cl2N4O3/c1-13-9-16(11-19(26)28-13)24-29-23(30-34-24)15-5-6-18-17(10-15)21(27)22-14(7-8-31(18)22)12-20(32)33-25(2,3)4/h5-6,9-11,21H,7-8,12H2,1-4H3. The quantitative estimate of drug-likeness (QED) is 0.238. The average Bonchev–Trinajstić information content (AvgIpc) is 3.44. The van der Waals surface area contributed by atoms with Crippen molar-refractivity contribution in [2.75, 3.05) is 11.4 Å². The second-order valence-electron chi connectivity index (χ2n) is 9.53. The monoisotopic (exact) mass is 498 g/mol. The van der Waals surface area contributed by atoms with Gasteiger partial charge in [0.1, 0.15) is 16.1 Å². The van der Waals surface area contributed by atoms with Crippen molar-refractivity contribution in [3.05, 3.63) is 58.0 Å². The first-order chi connectivity index (χ1) is 16.1. The van der Waals surface area contributed by atoms with E-state index in [1.807, 2.05) is 52.0 Å². The van der Waals surface area contributed by atoms with Crippen molar-refractivity contribution in [1.29, 1.82) is 0 Å². The number of benzene rings is 1. The van der Waals surface area contributed by atoms with E-state index in [1.54, 1.807) is 6.07 Å². The molecule has 5 rings (SSSR count). The van der Waals surface area contributed by atoms with E-state index in [1.165, 1.54) is 0 Å². The Kier molecular flexibility index (Phi) is 5.65. The molecule has 2 aliphatic rings. The lowest BCUT2D eigenvalue weighted by atomic mass is 10.0. The summed E-state index contributed by atoms with van der Waals surface area (Å²) >= 11 is 13.0. The number of carbonyl (C=O) groups is 1. The minimum absolute atomic E-state index is 0.233. The van der Waals surface area contributed by atoms with E-state index in [9.17, 15) is 4.79 Å². The second kappa shape index (κ2) is 8.40. The highest BCUT2D eigenvalue weighted by molar-refractivity contribution is 6.29. The van der Waals surface area contributed by atoms with Crippen molar-refractivity contribution in [3.8, 4) is 22.8 Å². The molecule has 0 fully saturated rings. The molecular weight excluding hydrogens is 475 g/mol. The number of alkyl halides is 1. The number of esters is 1. The summed E-state index contributed by atoms with van der Waals surface area (Å²) in [7, 11) is 0. The number of carbonyl (C=O) groups excluding carboxylic acids is 1. The van der Waals surface area contributed by atoms with Crippen LogP contribution in [0.3, 0.4) is 0 Å². The van der Waals surface area contributed by atoms with Crippen LogP contribution in [-0.2, 0) is 9.53 Å². The lowest BCUT2D eigenvalue weighted by molar-refractivity contribution is -0.153. The van der Waals surface area contributed by atoms with Crippen molar-refractivity contribution in [3.63, 3.8) is 0 Å². The van der Waals surface area contributed by atoms with Gasteiger partial charge in [0.25, 0.3) is 5.89 Å². The molecule has 3 aromatic rings. The third-order valence-corrected chi connectivity index (χ3v) is 6.39. The van der Waals surface area contributed by atoms with Gasteiger partial charge in [0.15, 0.2) is 0 Å². The van der Waals surface area contributed by atoms with E-state index in [0.29, 0.717) is 22.4 Å². The topological polar surface area (TPSA) is 81.4 Å². The molecule has 1 atom stereocenters. The van der Waals surface area contributed by atoms with Crippen LogP contribution in [0.2, 0.25) is 5.15 Å². The van der Waals surface area contributed by atoms with Crippen LogP contribution in [0.4, 0.5) is 5.69 Å². The van der Waals surface area contributed by atoms with Gasteiger partial charge >= 0.3 is 5.97 Å². The van der Waals surface area contributed by atoms with Crippen LogP contribution in [0.15, 0.2) is 46.1 Å². The molecule has 0 bridgehead atoms. The summed E-state index contributed by atoms with van der Waals surface area (Å²) in [5.74, 6) is 0.596. The maximum absolute atomic E-state index is 12.4. The lowest BCUT2D eigenvalue weighted by Gasteiger charge is -2.20. The highest BCUT2D eigenvalue weighted by Crippen LogP contribution is 2.51. The molecule has 1 aromatic carbocycles. The van der Waals surface area contributed by atoms with Crippen molar-refractivity contribution >= 4 is 34.9 Å². The van der Waals surface area contributed by atoms with E-state index in [-0.39, 0.29) is 17.8 Å². The average molecular weight is 499 g/mol. The van der Waals surface area contributed by atoms with Crippen molar-refractivity contribution in [2.24, 2.45) is 0 Å². The summed E-state index contributed by atoms with van der Waals surface area (Å²) in [6, 6.07) is 9.50. The van der Waals surface area contributed by atoms with E-state index < -0.39 is 5.60 Å². The highest BCUT2D eigenvalue weighted by atomic mass is 35.5. The van der Waals surface area contributed by atoms with Crippen LogP contribution in [0.5, 0.6) is 0 Å². The van der Waals surface area contributed by atoms with Crippen LogP contribution in [0.25, 0.3) is 22.8 Å². The predicted molar refractivity (Wildman–Crippen MR) is 131 cm³/mol. The third-order valence-electron chi connectivity index (χ3n) is 5.75. The Morgan fingerprint density at radius 1 is 1.21 bits per heavy atom. The molecule has 0 N–H and O–H groups in total. The molecule has 34 heavy (non-hydrogen) atoms. The molecule has 0 amide bonds. The van der Waals surface area contributed by atoms with Gasteiger partial charge in [-0.1, -0.05) is 16.8 Å². The van der Waals surface area contributed by atoms with Crippen molar-refractivity contribution < 1.29 is 14.1 Å². The van der Waals surface area contributed by atoms with Gasteiger partial charge in [-0.2, -0.15) is 4.98 Å². The number of nitrogens with zero attached hydrogens (tertiary/aromatic N) is 4. The first-order valence-corrected chi connectivity index (χ1v) is 11.9. The maximum Gasteiger partial charge on any atom is 0.310 e. The van der Waals surface area contributed by atoms with E-state index >= 15 is 0 Å². The number of rotatable bonds is 4. The van der Waals surface area contributed by atoms with Crippen LogP contribution in [0, 0.1) is 6.92 Å². The van der Waals surface area contributed by atoms with E-state index in [2.05, 4.69) is 20.0 Å². The number of ether oxygens (including phenoxy) is 1.